The number of methoxy groups -OCH3 is 1. The van der Waals surface area contributed by atoms with Crippen LogP contribution >= 0.6 is 0 Å². The molecule has 25 heavy (non-hydrogen) atoms. The molecule has 0 aliphatic heterocycles. The van der Waals surface area contributed by atoms with Gasteiger partial charge in [0.1, 0.15) is 11.5 Å². The molecular formula is C20H22N2O3. The van der Waals surface area contributed by atoms with Gasteiger partial charge in [-0.05, 0) is 61.9 Å². The highest BCUT2D eigenvalue weighted by molar-refractivity contribution is 5.96. The summed E-state index contributed by atoms with van der Waals surface area (Å²) < 4.78 is 10.9. The Morgan fingerprint density at radius 3 is 2.52 bits per heavy atom. The van der Waals surface area contributed by atoms with Crippen LogP contribution in [0.2, 0.25) is 0 Å². The Hall–Kier alpha value is -2.95. The zero-order valence-electron chi connectivity index (χ0n) is 14.6. The van der Waals surface area contributed by atoms with Crippen LogP contribution in [-0.2, 0) is 11.2 Å². The molecule has 0 aliphatic carbocycles. The fourth-order valence-electron chi connectivity index (χ4n) is 2.70. The van der Waals surface area contributed by atoms with Gasteiger partial charge in [-0.25, -0.2) is 0 Å². The van der Waals surface area contributed by atoms with Crippen LogP contribution in [0, 0.1) is 0 Å². The second kappa shape index (κ2) is 7.30. The molecule has 0 aliphatic rings. The summed E-state index contributed by atoms with van der Waals surface area (Å²) in [4.78, 5) is 15.5. The van der Waals surface area contributed by atoms with E-state index in [0.29, 0.717) is 0 Å². The van der Waals surface area contributed by atoms with Gasteiger partial charge in [0.25, 0.3) is 0 Å². The standard InChI is InChI=1S/C20H22N2O3/c1-13(2)25-16-6-4-15(5-7-16)22-20(23)10-14-12-21-19-9-8-17(24-3)11-18(14)19/h4-9,11-13,21H,10H2,1-3H3,(H,22,23). The molecule has 3 rings (SSSR count). The highest BCUT2D eigenvalue weighted by Gasteiger charge is 2.10. The lowest BCUT2D eigenvalue weighted by Gasteiger charge is -2.10. The molecule has 2 N–H and O–H groups in total. The Morgan fingerprint density at radius 2 is 1.84 bits per heavy atom. The summed E-state index contributed by atoms with van der Waals surface area (Å²) in [5, 5.41) is 3.91. The molecule has 0 spiro atoms. The van der Waals surface area contributed by atoms with Crippen molar-refractivity contribution in [2.24, 2.45) is 0 Å². The van der Waals surface area contributed by atoms with Crippen LogP contribution < -0.4 is 14.8 Å². The number of H-pyrrole nitrogens is 1. The summed E-state index contributed by atoms with van der Waals surface area (Å²) in [6.07, 6.45) is 2.28. The molecule has 130 valence electrons. The highest BCUT2D eigenvalue weighted by atomic mass is 16.5. The SMILES string of the molecule is COc1ccc2[nH]cc(CC(=O)Nc3ccc(OC(C)C)cc3)c2c1. The van der Waals surface area contributed by atoms with Crippen LogP contribution in [0.15, 0.2) is 48.7 Å². The molecule has 0 saturated carbocycles. The third kappa shape index (κ3) is 4.12. The maximum absolute atomic E-state index is 12.4. The number of carbonyl (C=O) groups excluding carboxylic acids is 1. The van der Waals surface area contributed by atoms with Gasteiger partial charge in [0.2, 0.25) is 5.91 Å². The van der Waals surface area contributed by atoms with Gasteiger partial charge in [-0.3, -0.25) is 4.79 Å². The summed E-state index contributed by atoms with van der Waals surface area (Å²) in [5.74, 6) is 1.49. The average Bonchev–Trinajstić information content (AvgIpc) is 2.98. The molecule has 1 aromatic heterocycles. The quantitative estimate of drug-likeness (QED) is 0.710. The van der Waals surface area contributed by atoms with E-state index in [1.165, 1.54) is 0 Å². The molecule has 5 nitrogen and oxygen atoms in total. The van der Waals surface area contributed by atoms with Crippen LogP contribution in [0.5, 0.6) is 11.5 Å². The second-order valence-corrected chi connectivity index (χ2v) is 6.14. The van der Waals surface area contributed by atoms with Gasteiger partial charge < -0.3 is 19.8 Å². The summed E-state index contributed by atoms with van der Waals surface area (Å²) in [6, 6.07) is 13.2. The summed E-state index contributed by atoms with van der Waals surface area (Å²) in [6.45, 7) is 3.96. The number of aromatic nitrogens is 1. The number of ether oxygens (including phenoxy) is 2. The van der Waals surface area contributed by atoms with Crippen LogP contribution in [0.3, 0.4) is 0 Å². The third-order valence-electron chi connectivity index (χ3n) is 3.84. The van der Waals surface area contributed by atoms with Crippen molar-refractivity contribution < 1.29 is 14.3 Å². The van der Waals surface area contributed by atoms with E-state index in [1.807, 2.05) is 62.5 Å². The van der Waals surface area contributed by atoms with Crippen molar-refractivity contribution in [1.29, 1.82) is 0 Å². The number of hydrogen-bond donors (Lipinski definition) is 2. The van der Waals surface area contributed by atoms with E-state index in [2.05, 4.69) is 10.3 Å². The summed E-state index contributed by atoms with van der Waals surface area (Å²) >= 11 is 0. The minimum absolute atomic E-state index is 0.0683. The van der Waals surface area contributed by atoms with E-state index in [0.717, 1.165) is 33.7 Å². The largest absolute Gasteiger partial charge is 0.497 e. The maximum atomic E-state index is 12.4. The molecule has 5 heteroatoms. The van der Waals surface area contributed by atoms with Crippen molar-refractivity contribution in [2.45, 2.75) is 26.4 Å². The predicted octanol–water partition coefficient (Wildman–Crippen LogP) is 4.14. The zero-order chi connectivity index (χ0) is 17.8. The number of hydrogen-bond acceptors (Lipinski definition) is 3. The maximum Gasteiger partial charge on any atom is 0.228 e. The number of nitrogens with one attached hydrogen (secondary N) is 2. The number of rotatable bonds is 6. The summed E-state index contributed by atoms with van der Waals surface area (Å²) in [5.41, 5.74) is 2.67. The Bertz CT molecular complexity index is 866. The van der Waals surface area contributed by atoms with Crippen molar-refractivity contribution in [3.8, 4) is 11.5 Å². The fourth-order valence-corrected chi connectivity index (χ4v) is 2.70. The molecule has 1 amide bonds. The number of fused-ring (bicyclic) bond motifs is 1. The van der Waals surface area contributed by atoms with Crippen molar-refractivity contribution in [2.75, 3.05) is 12.4 Å². The topological polar surface area (TPSA) is 63.4 Å². The lowest BCUT2D eigenvalue weighted by molar-refractivity contribution is -0.115. The van der Waals surface area contributed by atoms with Crippen LogP contribution in [0.4, 0.5) is 5.69 Å². The van der Waals surface area contributed by atoms with Gasteiger partial charge >= 0.3 is 0 Å². The number of amides is 1. The van der Waals surface area contributed by atoms with Gasteiger partial charge in [0, 0.05) is 22.8 Å². The lowest BCUT2D eigenvalue weighted by Crippen LogP contribution is -2.14. The van der Waals surface area contributed by atoms with Gasteiger partial charge in [0.15, 0.2) is 0 Å². The second-order valence-electron chi connectivity index (χ2n) is 6.14. The molecule has 1 heterocycles. The monoisotopic (exact) mass is 338 g/mol. The first kappa shape index (κ1) is 16.9. The third-order valence-corrected chi connectivity index (χ3v) is 3.84. The Labute approximate surface area is 147 Å². The van der Waals surface area contributed by atoms with Crippen molar-refractivity contribution in [3.63, 3.8) is 0 Å². The van der Waals surface area contributed by atoms with E-state index in [1.54, 1.807) is 7.11 Å². The van der Waals surface area contributed by atoms with Crippen LogP contribution in [0.1, 0.15) is 19.4 Å². The average molecular weight is 338 g/mol. The Kier molecular flexibility index (Phi) is 4.93. The van der Waals surface area contributed by atoms with Gasteiger partial charge in [-0.1, -0.05) is 0 Å². The number of aromatic amines is 1. The Balaban J connectivity index is 1.68. The molecule has 0 unspecified atom stereocenters. The normalized spacial score (nSPS) is 10.9. The predicted molar refractivity (Wildman–Crippen MR) is 99.4 cm³/mol. The van der Waals surface area contributed by atoms with E-state index >= 15 is 0 Å². The van der Waals surface area contributed by atoms with E-state index in [-0.39, 0.29) is 18.4 Å². The first-order chi connectivity index (χ1) is 12.0. The minimum Gasteiger partial charge on any atom is -0.497 e. The minimum atomic E-state index is -0.0683. The van der Waals surface area contributed by atoms with Crippen LogP contribution in [0.25, 0.3) is 10.9 Å². The van der Waals surface area contributed by atoms with Gasteiger partial charge in [-0.2, -0.15) is 0 Å². The molecule has 0 radical (unpaired) electrons. The Morgan fingerprint density at radius 1 is 1.12 bits per heavy atom. The molecule has 0 fully saturated rings. The summed E-state index contributed by atoms with van der Waals surface area (Å²) in [7, 11) is 1.63. The zero-order valence-corrected chi connectivity index (χ0v) is 14.6. The smallest absolute Gasteiger partial charge is 0.228 e. The van der Waals surface area contributed by atoms with Gasteiger partial charge in [0.05, 0.1) is 19.6 Å². The molecule has 0 bridgehead atoms. The van der Waals surface area contributed by atoms with E-state index in [9.17, 15) is 4.79 Å². The highest BCUT2D eigenvalue weighted by Crippen LogP contribution is 2.24. The molecule has 2 aromatic carbocycles. The first-order valence-electron chi connectivity index (χ1n) is 8.25. The van der Waals surface area contributed by atoms with Crippen molar-refractivity contribution in [3.05, 3.63) is 54.2 Å². The molecule has 0 atom stereocenters. The van der Waals surface area contributed by atoms with Crippen molar-refractivity contribution >= 4 is 22.5 Å². The number of anilines is 1. The van der Waals surface area contributed by atoms with E-state index in [4.69, 9.17) is 9.47 Å². The number of benzene rings is 2. The molecular weight excluding hydrogens is 316 g/mol. The lowest BCUT2D eigenvalue weighted by atomic mass is 10.1. The van der Waals surface area contributed by atoms with Crippen LogP contribution in [-0.4, -0.2) is 24.1 Å². The van der Waals surface area contributed by atoms with E-state index < -0.39 is 0 Å². The first-order valence-corrected chi connectivity index (χ1v) is 8.25. The van der Waals surface area contributed by atoms with Gasteiger partial charge in [-0.15, -0.1) is 0 Å². The number of carbonyl (C=O) groups is 1. The molecule has 3 aromatic rings. The van der Waals surface area contributed by atoms with Crippen molar-refractivity contribution in [1.82, 2.24) is 4.98 Å². The molecule has 0 saturated heterocycles. The fraction of sp³-hybridized carbons (Fsp3) is 0.250.